The van der Waals surface area contributed by atoms with Crippen LogP contribution in [0.25, 0.3) is 11.1 Å². The number of aromatic nitrogens is 1. The maximum Gasteiger partial charge on any atom is 0.573 e. The molecule has 0 unspecified atom stereocenters. The molecule has 0 aliphatic rings. The average Bonchev–Trinajstić information content (AvgIpc) is 2.36. The van der Waals surface area contributed by atoms with Gasteiger partial charge >= 0.3 is 6.36 Å². The number of aliphatic hydroxyl groups is 1. The van der Waals surface area contributed by atoms with Crippen molar-refractivity contribution in [2.75, 3.05) is 0 Å². The minimum absolute atomic E-state index is 0.190. The largest absolute Gasteiger partial charge is 0.573 e. The van der Waals surface area contributed by atoms with Gasteiger partial charge < -0.3 is 14.8 Å². The van der Waals surface area contributed by atoms with Gasteiger partial charge in [-0.15, -0.1) is 13.2 Å². The van der Waals surface area contributed by atoms with Crippen molar-refractivity contribution in [1.29, 1.82) is 0 Å². The molecule has 2 aromatic rings. The third kappa shape index (κ3) is 3.39. The monoisotopic (exact) mass is 285 g/mol. The number of ether oxygens (including phenoxy) is 1. The highest BCUT2D eigenvalue weighted by atomic mass is 19.4. The van der Waals surface area contributed by atoms with E-state index in [2.05, 4.69) is 9.72 Å². The number of benzene rings is 1. The third-order valence-corrected chi connectivity index (χ3v) is 2.52. The van der Waals surface area contributed by atoms with Gasteiger partial charge in [-0.25, -0.2) is 0 Å². The van der Waals surface area contributed by atoms with Crippen molar-refractivity contribution in [1.82, 2.24) is 4.98 Å². The molecule has 4 nitrogen and oxygen atoms in total. The predicted octanol–water partition coefficient (Wildman–Crippen LogP) is 2.43. The second-order valence-electron chi connectivity index (χ2n) is 3.96. The van der Waals surface area contributed by atoms with Gasteiger partial charge in [0.25, 0.3) is 5.56 Å². The number of pyridine rings is 1. The molecule has 1 aromatic carbocycles. The molecule has 0 saturated carbocycles. The lowest BCUT2D eigenvalue weighted by atomic mass is 10.1. The van der Waals surface area contributed by atoms with E-state index >= 15 is 0 Å². The minimum Gasteiger partial charge on any atom is -0.406 e. The minimum atomic E-state index is -4.79. The summed E-state index contributed by atoms with van der Waals surface area (Å²) in [6, 6.07) is 8.03. The Morgan fingerprint density at radius 2 is 1.95 bits per heavy atom. The highest BCUT2D eigenvalue weighted by Crippen LogP contribution is 2.26. The number of aliphatic hydroxyl groups excluding tert-OH is 1. The van der Waals surface area contributed by atoms with Gasteiger partial charge in [0, 0.05) is 11.3 Å². The molecule has 20 heavy (non-hydrogen) atoms. The zero-order valence-corrected chi connectivity index (χ0v) is 10.1. The second kappa shape index (κ2) is 5.38. The fourth-order valence-corrected chi connectivity index (χ4v) is 1.69. The van der Waals surface area contributed by atoms with Gasteiger partial charge in [0.2, 0.25) is 0 Å². The highest BCUT2D eigenvalue weighted by Gasteiger charge is 2.31. The van der Waals surface area contributed by atoms with Crippen LogP contribution in [0.4, 0.5) is 13.2 Å². The van der Waals surface area contributed by atoms with Crippen LogP contribution in [0, 0.1) is 0 Å². The van der Waals surface area contributed by atoms with Gasteiger partial charge in [-0.05, 0) is 29.8 Å². The number of H-pyrrole nitrogens is 1. The van der Waals surface area contributed by atoms with E-state index in [1.54, 1.807) is 0 Å². The van der Waals surface area contributed by atoms with Crippen LogP contribution >= 0.6 is 0 Å². The van der Waals surface area contributed by atoms with Crippen LogP contribution in [0.3, 0.4) is 0 Å². The molecule has 0 radical (unpaired) electrons. The summed E-state index contributed by atoms with van der Waals surface area (Å²) in [4.78, 5) is 14.2. The number of aromatic amines is 1. The van der Waals surface area contributed by atoms with Crippen LogP contribution in [0.5, 0.6) is 5.75 Å². The first-order valence-corrected chi connectivity index (χ1v) is 5.58. The van der Waals surface area contributed by atoms with Crippen molar-refractivity contribution in [3.05, 3.63) is 52.4 Å². The van der Waals surface area contributed by atoms with E-state index in [1.165, 1.54) is 24.3 Å². The van der Waals surface area contributed by atoms with E-state index in [9.17, 15) is 18.0 Å². The van der Waals surface area contributed by atoms with Crippen molar-refractivity contribution >= 4 is 0 Å². The smallest absolute Gasteiger partial charge is 0.406 e. The van der Waals surface area contributed by atoms with E-state index in [0.717, 1.165) is 12.1 Å². The van der Waals surface area contributed by atoms with E-state index in [0.29, 0.717) is 5.69 Å². The molecule has 2 rings (SSSR count). The van der Waals surface area contributed by atoms with E-state index < -0.39 is 17.7 Å². The lowest BCUT2D eigenvalue weighted by molar-refractivity contribution is -0.274. The zero-order chi connectivity index (χ0) is 14.8. The zero-order valence-electron chi connectivity index (χ0n) is 10.1. The molecule has 1 heterocycles. The topological polar surface area (TPSA) is 62.3 Å². The number of hydrogen-bond acceptors (Lipinski definition) is 3. The second-order valence-corrected chi connectivity index (χ2v) is 3.96. The van der Waals surface area contributed by atoms with Gasteiger partial charge in [0.15, 0.2) is 0 Å². The predicted molar refractivity (Wildman–Crippen MR) is 65.1 cm³/mol. The third-order valence-electron chi connectivity index (χ3n) is 2.52. The SMILES string of the molecule is O=c1[nH]c(CO)ccc1-c1cccc(OC(F)(F)F)c1. The number of nitrogens with one attached hydrogen (secondary N) is 1. The van der Waals surface area contributed by atoms with Gasteiger partial charge in [-0.2, -0.15) is 0 Å². The van der Waals surface area contributed by atoms with Crippen LogP contribution in [-0.2, 0) is 6.61 Å². The molecule has 106 valence electrons. The average molecular weight is 285 g/mol. The highest BCUT2D eigenvalue weighted by molar-refractivity contribution is 5.64. The molecule has 7 heteroatoms. The van der Waals surface area contributed by atoms with E-state index in [4.69, 9.17) is 5.11 Å². The molecular weight excluding hydrogens is 275 g/mol. The number of rotatable bonds is 3. The molecule has 0 atom stereocenters. The maximum atomic E-state index is 12.1. The summed E-state index contributed by atoms with van der Waals surface area (Å²) >= 11 is 0. The van der Waals surface area contributed by atoms with Crippen molar-refractivity contribution in [2.45, 2.75) is 13.0 Å². The summed E-state index contributed by atoms with van der Waals surface area (Å²) in [5.41, 5.74) is 0.300. The summed E-state index contributed by atoms with van der Waals surface area (Å²) < 4.78 is 40.2. The van der Waals surface area contributed by atoms with Crippen LogP contribution in [0.15, 0.2) is 41.2 Å². The first-order chi connectivity index (χ1) is 9.39. The van der Waals surface area contributed by atoms with E-state index in [-0.39, 0.29) is 17.7 Å². The molecule has 0 spiro atoms. The Morgan fingerprint density at radius 3 is 2.55 bits per heavy atom. The standard InChI is InChI=1S/C13H10F3NO3/c14-13(15,16)20-10-3-1-2-8(6-10)11-5-4-9(7-18)17-12(11)19/h1-6,18H,7H2,(H,17,19). The van der Waals surface area contributed by atoms with Crippen LogP contribution in [-0.4, -0.2) is 16.5 Å². The summed E-state index contributed by atoms with van der Waals surface area (Å²) in [5, 5.41) is 8.88. The molecule has 0 amide bonds. The van der Waals surface area contributed by atoms with Crippen LogP contribution in [0.1, 0.15) is 5.69 Å². The molecule has 2 N–H and O–H groups in total. The van der Waals surface area contributed by atoms with Gasteiger partial charge in [-0.3, -0.25) is 4.79 Å². The fourth-order valence-electron chi connectivity index (χ4n) is 1.69. The number of halogens is 3. The fraction of sp³-hybridized carbons (Fsp3) is 0.154. The number of alkyl halides is 3. The Hall–Kier alpha value is -2.28. The van der Waals surface area contributed by atoms with Crippen molar-refractivity contribution in [3.8, 4) is 16.9 Å². The van der Waals surface area contributed by atoms with Crippen LogP contribution < -0.4 is 10.3 Å². The van der Waals surface area contributed by atoms with E-state index in [1.807, 2.05) is 0 Å². The Kier molecular flexibility index (Phi) is 3.80. The summed E-state index contributed by atoms with van der Waals surface area (Å²) in [6.07, 6.45) is -4.79. The van der Waals surface area contributed by atoms with Gasteiger partial charge in [0.1, 0.15) is 5.75 Å². The molecule has 0 bridgehead atoms. The Bertz CT molecular complexity index is 664. The lowest BCUT2D eigenvalue weighted by Gasteiger charge is -2.10. The summed E-state index contributed by atoms with van der Waals surface area (Å²) in [5.74, 6) is -0.402. The molecule has 0 aliphatic heterocycles. The molecular formula is C13H10F3NO3. The Labute approximate surface area is 111 Å². The van der Waals surface area contributed by atoms with Crippen molar-refractivity contribution in [2.24, 2.45) is 0 Å². The first-order valence-electron chi connectivity index (χ1n) is 5.58. The van der Waals surface area contributed by atoms with Crippen molar-refractivity contribution in [3.63, 3.8) is 0 Å². The Balaban J connectivity index is 2.38. The summed E-state index contributed by atoms with van der Waals surface area (Å²) in [6.45, 7) is -0.327. The van der Waals surface area contributed by atoms with Gasteiger partial charge in [-0.1, -0.05) is 12.1 Å². The lowest BCUT2D eigenvalue weighted by Crippen LogP contribution is -2.17. The first kappa shape index (κ1) is 14.1. The summed E-state index contributed by atoms with van der Waals surface area (Å²) in [7, 11) is 0. The van der Waals surface area contributed by atoms with Crippen molar-refractivity contribution < 1.29 is 23.0 Å². The maximum absolute atomic E-state index is 12.1. The molecule has 0 fully saturated rings. The molecule has 0 aliphatic carbocycles. The number of hydrogen-bond donors (Lipinski definition) is 2. The molecule has 1 aromatic heterocycles. The molecule has 0 saturated heterocycles. The normalized spacial score (nSPS) is 11.4. The van der Waals surface area contributed by atoms with Gasteiger partial charge in [0.05, 0.1) is 6.61 Å². The Morgan fingerprint density at radius 1 is 1.20 bits per heavy atom. The van der Waals surface area contributed by atoms with Crippen LogP contribution in [0.2, 0.25) is 0 Å². The quantitative estimate of drug-likeness (QED) is 0.910.